The molecule has 0 aliphatic heterocycles. The van der Waals surface area contributed by atoms with Crippen molar-refractivity contribution in [2.75, 3.05) is 24.7 Å². The molecule has 0 saturated heterocycles. The van der Waals surface area contributed by atoms with E-state index in [0.29, 0.717) is 5.75 Å². The third-order valence-electron chi connectivity index (χ3n) is 1.90. The molecule has 0 radical (unpaired) electrons. The smallest absolute Gasteiger partial charge is 0.143 e. The van der Waals surface area contributed by atoms with Gasteiger partial charge in [0.1, 0.15) is 11.4 Å². The highest BCUT2D eigenvalue weighted by Crippen LogP contribution is 2.33. The maximum absolute atomic E-state index is 9.61. The predicted octanol–water partition coefficient (Wildman–Crippen LogP) is 1.78. The second-order valence-corrected chi connectivity index (χ2v) is 2.65. The van der Waals surface area contributed by atoms with Crippen LogP contribution in [0, 0.1) is 6.92 Å². The summed E-state index contributed by atoms with van der Waals surface area (Å²) in [6.45, 7) is 1.87. The van der Waals surface area contributed by atoms with E-state index in [1.807, 2.05) is 26.1 Å². The van der Waals surface area contributed by atoms with Gasteiger partial charge in [-0.2, -0.15) is 0 Å². The van der Waals surface area contributed by atoms with Gasteiger partial charge in [-0.05, 0) is 18.6 Å². The van der Waals surface area contributed by atoms with Crippen molar-refractivity contribution in [2.45, 2.75) is 6.92 Å². The highest BCUT2D eigenvalue weighted by atomic mass is 16.3. The standard InChI is InChI=1S/C9H14N2O/c1-6-4-5-7(10-2)8(11-3)9(6)12/h4-5,10-12H,1-3H3. The van der Waals surface area contributed by atoms with Crippen LogP contribution in [0.15, 0.2) is 12.1 Å². The summed E-state index contributed by atoms with van der Waals surface area (Å²) in [4.78, 5) is 0. The van der Waals surface area contributed by atoms with E-state index in [-0.39, 0.29) is 0 Å². The zero-order chi connectivity index (χ0) is 9.14. The van der Waals surface area contributed by atoms with E-state index in [4.69, 9.17) is 0 Å². The lowest BCUT2D eigenvalue weighted by molar-refractivity contribution is 0.473. The van der Waals surface area contributed by atoms with E-state index in [1.54, 1.807) is 7.05 Å². The van der Waals surface area contributed by atoms with E-state index >= 15 is 0 Å². The van der Waals surface area contributed by atoms with Crippen LogP contribution in [0.1, 0.15) is 5.56 Å². The van der Waals surface area contributed by atoms with Gasteiger partial charge in [0, 0.05) is 14.1 Å². The number of phenolic OH excluding ortho intramolecular Hbond substituents is 1. The molecule has 0 fully saturated rings. The lowest BCUT2D eigenvalue weighted by atomic mass is 10.1. The van der Waals surface area contributed by atoms with E-state index in [1.165, 1.54) is 0 Å². The molecule has 0 amide bonds. The van der Waals surface area contributed by atoms with E-state index in [0.717, 1.165) is 16.9 Å². The normalized spacial score (nSPS) is 9.58. The van der Waals surface area contributed by atoms with Gasteiger partial charge in [-0.15, -0.1) is 0 Å². The number of aryl methyl sites for hydroxylation is 1. The summed E-state index contributed by atoms with van der Waals surface area (Å²) in [7, 11) is 3.61. The largest absolute Gasteiger partial charge is 0.505 e. The highest BCUT2D eigenvalue weighted by molar-refractivity contribution is 5.76. The molecule has 1 aromatic carbocycles. The molecule has 0 unspecified atom stereocenters. The number of nitrogens with one attached hydrogen (secondary N) is 2. The fourth-order valence-corrected chi connectivity index (χ4v) is 1.16. The summed E-state index contributed by atoms with van der Waals surface area (Å²) in [6, 6.07) is 3.81. The maximum atomic E-state index is 9.61. The SMILES string of the molecule is CNc1ccc(C)c(O)c1NC. The van der Waals surface area contributed by atoms with Crippen LogP contribution in [0.5, 0.6) is 5.75 Å². The molecule has 0 aliphatic carbocycles. The molecule has 1 aromatic rings. The quantitative estimate of drug-likeness (QED) is 0.587. The van der Waals surface area contributed by atoms with Crippen LogP contribution in [0.4, 0.5) is 11.4 Å². The van der Waals surface area contributed by atoms with Gasteiger partial charge >= 0.3 is 0 Å². The minimum absolute atomic E-state index is 0.310. The van der Waals surface area contributed by atoms with Crippen molar-refractivity contribution >= 4 is 11.4 Å². The summed E-state index contributed by atoms with van der Waals surface area (Å²) < 4.78 is 0. The molecule has 3 nitrogen and oxygen atoms in total. The summed E-state index contributed by atoms with van der Waals surface area (Å²) >= 11 is 0. The van der Waals surface area contributed by atoms with Crippen molar-refractivity contribution in [1.82, 2.24) is 0 Å². The molecular formula is C9H14N2O. The molecule has 1 rings (SSSR count). The Kier molecular flexibility index (Phi) is 2.43. The Morgan fingerprint density at radius 1 is 1.17 bits per heavy atom. The molecule has 0 bridgehead atoms. The second-order valence-electron chi connectivity index (χ2n) is 2.65. The Morgan fingerprint density at radius 2 is 1.83 bits per heavy atom. The lowest BCUT2D eigenvalue weighted by Crippen LogP contribution is -1.97. The number of benzene rings is 1. The molecule has 3 heteroatoms. The fourth-order valence-electron chi connectivity index (χ4n) is 1.16. The topological polar surface area (TPSA) is 44.3 Å². The second kappa shape index (κ2) is 3.34. The monoisotopic (exact) mass is 166 g/mol. The molecular weight excluding hydrogens is 152 g/mol. The summed E-state index contributed by atoms with van der Waals surface area (Å²) in [5.41, 5.74) is 2.52. The third-order valence-corrected chi connectivity index (χ3v) is 1.90. The first kappa shape index (κ1) is 8.71. The van der Waals surface area contributed by atoms with Gasteiger partial charge in [0.25, 0.3) is 0 Å². The highest BCUT2D eigenvalue weighted by Gasteiger charge is 2.06. The number of hydrogen-bond acceptors (Lipinski definition) is 3. The number of aromatic hydroxyl groups is 1. The van der Waals surface area contributed by atoms with E-state index < -0.39 is 0 Å². The Labute approximate surface area is 72.4 Å². The van der Waals surface area contributed by atoms with Crippen molar-refractivity contribution in [3.8, 4) is 5.75 Å². The third kappa shape index (κ3) is 1.30. The van der Waals surface area contributed by atoms with Crippen LogP contribution >= 0.6 is 0 Å². The zero-order valence-electron chi connectivity index (χ0n) is 7.60. The Hall–Kier alpha value is -1.38. The Bertz CT molecular complexity index is 284. The van der Waals surface area contributed by atoms with Crippen LogP contribution in [0.25, 0.3) is 0 Å². The van der Waals surface area contributed by atoms with E-state index in [9.17, 15) is 5.11 Å². The van der Waals surface area contributed by atoms with Crippen molar-refractivity contribution in [3.05, 3.63) is 17.7 Å². The molecule has 66 valence electrons. The molecule has 12 heavy (non-hydrogen) atoms. The lowest BCUT2D eigenvalue weighted by Gasteiger charge is -2.11. The average molecular weight is 166 g/mol. The number of anilines is 2. The number of hydrogen-bond donors (Lipinski definition) is 3. The first-order valence-electron chi connectivity index (χ1n) is 3.88. The maximum Gasteiger partial charge on any atom is 0.143 e. The van der Waals surface area contributed by atoms with Crippen molar-refractivity contribution in [3.63, 3.8) is 0 Å². The predicted molar refractivity (Wildman–Crippen MR) is 51.9 cm³/mol. The summed E-state index contributed by atoms with van der Waals surface area (Å²) in [5.74, 6) is 0.310. The molecule has 0 atom stereocenters. The van der Waals surface area contributed by atoms with Gasteiger partial charge in [0.05, 0.1) is 5.69 Å². The molecule has 0 saturated carbocycles. The molecule has 0 spiro atoms. The molecule has 0 aliphatic rings. The summed E-state index contributed by atoms with van der Waals surface area (Å²) in [5, 5.41) is 15.5. The molecule has 0 aromatic heterocycles. The summed E-state index contributed by atoms with van der Waals surface area (Å²) in [6.07, 6.45) is 0. The van der Waals surface area contributed by atoms with Crippen LogP contribution in [-0.2, 0) is 0 Å². The van der Waals surface area contributed by atoms with Crippen molar-refractivity contribution in [2.24, 2.45) is 0 Å². The van der Waals surface area contributed by atoms with Gasteiger partial charge in [-0.1, -0.05) is 6.07 Å². The minimum Gasteiger partial charge on any atom is -0.505 e. The van der Waals surface area contributed by atoms with Crippen molar-refractivity contribution < 1.29 is 5.11 Å². The Balaban J connectivity index is 3.25. The van der Waals surface area contributed by atoms with Crippen LogP contribution in [0.3, 0.4) is 0 Å². The average Bonchev–Trinajstić information content (AvgIpc) is 2.09. The van der Waals surface area contributed by atoms with Gasteiger partial charge in [0.15, 0.2) is 0 Å². The first-order valence-corrected chi connectivity index (χ1v) is 3.88. The Morgan fingerprint density at radius 3 is 2.33 bits per heavy atom. The molecule has 3 N–H and O–H groups in total. The minimum atomic E-state index is 0.310. The fraction of sp³-hybridized carbons (Fsp3) is 0.333. The zero-order valence-corrected chi connectivity index (χ0v) is 7.60. The van der Waals surface area contributed by atoms with Gasteiger partial charge in [0.2, 0.25) is 0 Å². The van der Waals surface area contributed by atoms with Crippen LogP contribution < -0.4 is 10.6 Å². The van der Waals surface area contributed by atoms with Gasteiger partial charge < -0.3 is 15.7 Å². The van der Waals surface area contributed by atoms with Crippen molar-refractivity contribution in [1.29, 1.82) is 0 Å². The van der Waals surface area contributed by atoms with Crippen LogP contribution in [0.2, 0.25) is 0 Å². The number of phenols is 1. The van der Waals surface area contributed by atoms with Gasteiger partial charge in [-0.25, -0.2) is 0 Å². The number of rotatable bonds is 2. The van der Waals surface area contributed by atoms with Crippen LogP contribution in [-0.4, -0.2) is 19.2 Å². The molecule has 0 heterocycles. The van der Waals surface area contributed by atoms with E-state index in [2.05, 4.69) is 10.6 Å². The first-order chi connectivity index (χ1) is 5.70. The van der Waals surface area contributed by atoms with Gasteiger partial charge in [-0.3, -0.25) is 0 Å².